The number of hydrogen-bond donors (Lipinski definition) is 3. The number of carboxylic acid groups (broad SMARTS) is 3. The lowest BCUT2D eigenvalue weighted by Gasteiger charge is -2.05. The third kappa shape index (κ3) is 4.17. The number of hydrogen-bond acceptors (Lipinski definition) is 3. The maximum atomic E-state index is 11.1. The van der Waals surface area contributed by atoms with Gasteiger partial charge in [0.2, 0.25) is 0 Å². The Labute approximate surface area is 125 Å². The van der Waals surface area contributed by atoms with E-state index in [0.29, 0.717) is 10.8 Å². The molecular weight excluding hydrogens is 288 g/mol. The van der Waals surface area contributed by atoms with E-state index >= 15 is 0 Å². The first kappa shape index (κ1) is 16.9. The third-order valence-electron chi connectivity index (χ3n) is 2.69. The summed E-state index contributed by atoms with van der Waals surface area (Å²) >= 11 is 0. The van der Waals surface area contributed by atoms with Gasteiger partial charge in [-0.15, -0.1) is 6.58 Å². The third-order valence-corrected chi connectivity index (χ3v) is 2.69. The first-order valence-electron chi connectivity index (χ1n) is 6.19. The average Bonchev–Trinajstić information content (AvgIpc) is 2.46. The topological polar surface area (TPSA) is 112 Å². The molecular formula is C16H14O6. The lowest BCUT2D eigenvalue weighted by molar-refractivity contribution is -0.136. The van der Waals surface area contributed by atoms with Crippen LogP contribution in [-0.2, 0) is 4.79 Å². The standard InChI is InChI=1S/C12H8O4.C4H6O2/c13-11(14)9-6-5-7-3-1-2-4-8(7)10(9)12(15)16;1-2-3-4(5)6/h1-6H,(H,13,14)(H,15,16);2H,1,3H2,(H,5,6). The van der Waals surface area contributed by atoms with Crippen molar-refractivity contribution in [2.75, 3.05) is 0 Å². The first-order chi connectivity index (χ1) is 10.4. The molecule has 3 N–H and O–H groups in total. The number of fused-ring (bicyclic) bond motifs is 1. The number of aromatic carboxylic acids is 2. The predicted molar refractivity (Wildman–Crippen MR) is 80.3 cm³/mol. The van der Waals surface area contributed by atoms with Crippen LogP contribution in [0.15, 0.2) is 49.1 Å². The molecule has 6 heteroatoms. The summed E-state index contributed by atoms with van der Waals surface area (Å²) in [6.45, 7) is 3.22. The van der Waals surface area contributed by atoms with Crippen LogP contribution in [0.3, 0.4) is 0 Å². The molecule has 0 saturated carbocycles. The SMILES string of the molecule is C=CCC(=O)O.O=C(O)c1ccc2ccccc2c1C(=O)O. The van der Waals surface area contributed by atoms with Crippen LogP contribution >= 0.6 is 0 Å². The van der Waals surface area contributed by atoms with Gasteiger partial charge in [0.25, 0.3) is 0 Å². The van der Waals surface area contributed by atoms with Gasteiger partial charge in [-0.25, -0.2) is 9.59 Å². The lowest BCUT2D eigenvalue weighted by Crippen LogP contribution is -2.08. The van der Waals surface area contributed by atoms with Crippen molar-refractivity contribution in [3.63, 3.8) is 0 Å². The second-order valence-corrected chi connectivity index (χ2v) is 4.21. The fourth-order valence-corrected chi connectivity index (χ4v) is 1.80. The maximum absolute atomic E-state index is 11.1. The van der Waals surface area contributed by atoms with Crippen molar-refractivity contribution in [2.45, 2.75) is 6.42 Å². The maximum Gasteiger partial charge on any atom is 0.337 e. The smallest absolute Gasteiger partial charge is 0.337 e. The van der Waals surface area contributed by atoms with Gasteiger partial charge >= 0.3 is 17.9 Å². The summed E-state index contributed by atoms with van der Waals surface area (Å²) in [6, 6.07) is 9.72. The van der Waals surface area contributed by atoms with Gasteiger partial charge in [-0.1, -0.05) is 36.4 Å². The Hall–Kier alpha value is -3.15. The van der Waals surface area contributed by atoms with E-state index in [9.17, 15) is 14.4 Å². The van der Waals surface area contributed by atoms with Crippen molar-refractivity contribution < 1.29 is 29.7 Å². The number of aliphatic carboxylic acids is 1. The van der Waals surface area contributed by atoms with Crippen LogP contribution in [-0.4, -0.2) is 33.2 Å². The molecule has 22 heavy (non-hydrogen) atoms. The van der Waals surface area contributed by atoms with Crippen LogP contribution in [0.2, 0.25) is 0 Å². The van der Waals surface area contributed by atoms with Crippen LogP contribution in [0.1, 0.15) is 27.1 Å². The lowest BCUT2D eigenvalue weighted by atomic mass is 9.99. The Morgan fingerprint density at radius 3 is 2.05 bits per heavy atom. The average molecular weight is 302 g/mol. The van der Waals surface area contributed by atoms with E-state index in [1.165, 1.54) is 12.1 Å². The molecule has 0 aliphatic heterocycles. The van der Waals surface area contributed by atoms with E-state index in [1.54, 1.807) is 30.3 Å². The quantitative estimate of drug-likeness (QED) is 0.749. The Bertz CT molecular complexity index is 732. The van der Waals surface area contributed by atoms with Crippen LogP contribution in [0.4, 0.5) is 0 Å². The van der Waals surface area contributed by atoms with E-state index in [1.807, 2.05) is 0 Å². The van der Waals surface area contributed by atoms with Crippen LogP contribution in [0.5, 0.6) is 0 Å². The van der Waals surface area contributed by atoms with Gasteiger partial charge in [0.15, 0.2) is 0 Å². The molecule has 2 rings (SSSR count). The molecule has 0 amide bonds. The predicted octanol–water partition coefficient (Wildman–Crippen LogP) is 2.88. The molecule has 0 aromatic heterocycles. The summed E-state index contributed by atoms with van der Waals surface area (Å²) in [5, 5.41) is 27.0. The minimum absolute atomic E-state index is 0.0556. The molecule has 0 bridgehead atoms. The van der Waals surface area contributed by atoms with E-state index in [2.05, 4.69) is 6.58 Å². The van der Waals surface area contributed by atoms with Gasteiger partial charge in [-0.3, -0.25) is 4.79 Å². The molecule has 0 aliphatic rings. The number of rotatable bonds is 4. The second-order valence-electron chi connectivity index (χ2n) is 4.21. The van der Waals surface area contributed by atoms with Gasteiger partial charge in [-0.2, -0.15) is 0 Å². The highest BCUT2D eigenvalue weighted by Gasteiger charge is 2.18. The molecule has 0 fully saturated rings. The summed E-state index contributed by atoms with van der Waals surface area (Å²) in [5.74, 6) is -3.29. The van der Waals surface area contributed by atoms with Crippen LogP contribution < -0.4 is 0 Å². The highest BCUT2D eigenvalue weighted by Crippen LogP contribution is 2.22. The number of carbonyl (C=O) groups is 3. The molecule has 0 heterocycles. The fraction of sp³-hybridized carbons (Fsp3) is 0.0625. The molecule has 0 radical (unpaired) electrons. The molecule has 0 atom stereocenters. The van der Waals surface area contributed by atoms with Gasteiger partial charge < -0.3 is 15.3 Å². The van der Waals surface area contributed by atoms with Crippen LogP contribution in [0, 0.1) is 0 Å². The zero-order valence-corrected chi connectivity index (χ0v) is 11.5. The molecule has 6 nitrogen and oxygen atoms in total. The minimum Gasteiger partial charge on any atom is -0.481 e. The van der Waals surface area contributed by atoms with E-state index in [0.717, 1.165) is 0 Å². The summed E-state index contributed by atoms with van der Waals surface area (Å²) in [7, 11) is 0. The Morgan fingerprint density at radius 1 is 0.955 bits per heavy atom. The van der Waals surface area contributed by atoms with Crippen molar-refractivity contribution in [1.82, 2.24) is 0 Å². The largest absolute Gasteiger partial charge is 0.481 e. The molecule has 0 saturated heterocycles. The minimum atomic E-state index is -1.23. The molecule has 0 aliphatic carbocycles. The summed E-state index contributed by atoms with van der Waals surface area (Å²) < 4.78 is 0. The van der Waals surface area contributed by atoms with E-state index in [4.69, 9.17) is 15.3 Å². The van der Waals surface area contributed by atoms with E-state index in [-0.39, 0.29) is 17.5 Å². The first-order valence-corrected chi connectivity index (χ1v) is 6.19. The summed E-state index contributed by atoms with van der Waals surface area (Å²) in [6.07, 6.45) is 1.41. The molecule has 0 unspecified atom stereocenters. The Kier molecular flexibility index (Phi) is 5.83. The monoisotopic (exact) mass is 302 g/mol. The van der Waals surface area contributed by atoms with Crippen molar-refractivity contribution in [3.05, 3.63) is 60.2 Å². The Balaban J connectivity index is 0.000000346. The molecule has 2 aromatic carbocycles. The van der Waals surface area contributed by atoms with Crippen LogP contribution in [0.25, 0.3) is 10.8 Å². The number of carboxylic acids is 3. The molecule has 114 valence electrons. The van der Waals surface area contributed by atoms with Gasteiger partial charge in [0, 0.05) is 0 Å². The number of benzene rings is 2. The highest BCUT2D eigenvalue weighted by molar-refractivity contribution is 6.11. The van der Waals surface area contributed by atoms with Gasteiger partial charge in [0.1, 0.15) is 0 Å². The van der Waals surface area contributed by atoms with E-state index < -0.39 is 17.9 Å². The van der Waals surface area contributed by atoms with Gasteiger partial charge in [-0.05, 0) is 16.8 Å². The van der Waals surface area contributed by atoms with Gasteiger partial charge in [0.05, 0.1) is 17.5 Å². The summed E-state index contributed by atoms with van der Waals surface area (Å²) in [5.41, 5.74) is -0.350. The molecule has 2 aromatic rings. The molecule has 0 spiro atoms. The zero-order valence-electron chi connectivity index (χ0n) is 11.5. The zero-order chi connectivity index (χ0) is 16.7. The van der Waals surface area contributed by atoms with Crippen molar-refractivity contribution in [3.8, 4) is 0 Å². The summed E-state index contributed by atoms with van der Waals surface area (Å²) in [4.78, 5) is 31.5. The normalized spacial score (nSPS) is 9.45. The van der Waals surface area contributed by atoms with Crippen molar-refractivity contribution in [2.24, 2.45) is 0 Å². The second kappa shape index (κ2) is 7.58. The van der Waals surface area contributed by atoms with Crippen molar-refractivity contribution in [1.29, 1.82) is 0 Å². The highest BCUT2D eigenvalue weighted by atomic mass is 16.4. The van der Waals surface area contributed by atoms with Crippen molar-refractivity contribution >= 4 is 28.7 Å². The fourth-order valence-electron chi connectivity index (χ4n) is 1.80. The Morgan fingerprint density at radius 2 is 1.59 bits per heavy atom.